The molecule has 0 heterocycles. The topological polar surface area (TPSA) is 88.1 Å². The van der Waals surface area contributed by atoms with Gasteiger partial charge < -0.3 is 22.7 Å². The van der Waals surface area contributed by atoms with E-state index in [1.807, 2.05) is 0 Å². The summed E-state index contributed by atoms with van der Waals surface area (Å²) in [4.78, 5) is 0. The van der Waals surface area contributed by atoms with Crippen LogP contribution in [-0.2, 0) is 31.8 Å². The molecule has 0 rings (SSSR count). The van der Waals surface area contributed by atoms with E-state index < -0.39 is 22.3 Å². The van der Waals surface area contributed by atoms with E-state index in [9.17, 15) is 13.7 Å². The fourth-order valence-electron chi connectivity index (χ4n) is 3.02. The van der Waals surface area contributed by atoms with Gasteiger partial charge in [0.05, 0.1) is 26.4 Å². The van der Waals surface area contributed by atoms with Crippen LogP contribution >= 0.6 is 22.3 Å². The van der Waals surface area contributed by atoms with E-state index in [1.165, 1.54) is 6.42 Å². The highest BCUT2D eigenvalue weighted by molar-refractivity contribution is 7.83. The molecule has 0 aromatic heterocycles. The molecule has 10 heteroatoms. The molecule has 0 unspecified atom stereocenters. The summed E-state index contributed by atoms with van der Waals surface area (Å²) in [5.74, 6) is -0.443. The molecule has 0 aliphatic rings. The van der Waals surface area contributed by atoms with E-state index >= 15 is 0 Å². The Kier molecular flexibility index (Phi) is 15.6. The second kappa shape index (κ2) is 15.3. The Morgan fingerprint density at radius 2 is 0.893 bits per heavy atom. The molecule has 0 bridgehead atoms. The zero-order valence-corrected chi connectivity index (χ0v) is 21.1. The van der Waals surface area contributed by atoms with Crippen molar-refractivity contribution >= 4 is 22.3 Å². The second-order valence-electron chi connectivity index (χ2n) is 6.73. The Morgan fingerprint density at radius 1 is 0.536 bits per heavy atom. The summed E-state index contributed by atoms with van der Waals surface area (Å²) >= 11 is 0. The van der Waals surface area contributed by atoms with Gasteiger partial charge in [-0.15, -0.1) is 0 Å². The molecule has 7 nitrogen and oxygen atoms in total. The Labute approximate surface area is 172 Å². The summed E-state index contributed by atoms with van der Waals surface area (Å²) in [7, 11) is -10.2. The minimum atomic E-state index is -3.53. The van der Waals surface area contributed by atoms with Crippen molar-refractivity contribution in [3.8, 4) is 0 Å². The lowest BCUT2D eigenvalue weighted by molar-refractivity contribution is 0.223. The highest BCUT2D eigenvalue weighted by Crippen LogP contribution is 2.69. The summed E-state index contributed by atoms with van der Waals surface area (Å²) in [6.45, 7) is 9.82. The van der Waals surface area contributed by atoms with E-state index in [2.05, 4.69) is 6.92 Å². The first-order valence-electron chi connectivity index (χ1n) is 10.5. The molecule has 0 N–H and O–H groups in total. The lowest BCUT2D eigenvalue weighted by Crippen LogP contribution is -2.09. The largest absolute Gasteiger partial charge is 0.337 e. The standard InChI is InChI=1S/C18H41O7P3/c1-6-11-12-13-14-15-16-26(19,17-27(20,22-7-2)23-8-3)18-28(21,24-9-4)25-10-5/h6-18H2,1-5H3. The predicted molar refractivity (Wildman–Crippen MR) is 117 cm³/mol. The van der Waals surface area contributed by atoms with Gasteiger partial charge in [-0.25, -0.2) is 0 Å². The molecule has 0 aromatic carbocycles. The number of hydrogen-bond donors (Lipinski definition) is 0. The average Bonchev–Trinajstić information content (AvgIpc) is 2.58. The van der Waals surface area contributed by atoms with Crippen molar-refractivity contribution in [1.29, 1.82) is 0 Å². The normalized spacial score (nSPS) is 13.2. The van der Waals surface area contributed by atoms with E-state index in [0.29, 0.717) is 6.16 Å². The molecule has 28 heavy (non-hydrogen) atoms. The Balaban J connectivity index is 5.35. The van der Waals surface area contributed by atoms with Gasteiger partial charge in [0.15, 0.2) is 0 Å². The Morgan fingerprint density at radius 3 is 1.25 bits per heavy atom. The van der Waals surface area contributed by atoms with Gasteiger partial charge in [0, 0.05) is 6.16 Å². The first kappa shape index (κ1) is 28.5. The molecule has 0 aromatic rings. The predicted octanol–water partition coefficient (Wildman–Crippen LogP) is 7.16. The van der Waals surface area contributed by atoms with Crippen LogP contribution in [0.4, 0.5) is 0 Å². The third kappa shape index (κ3) is 12.3. The Bertz CT molecular complexity index is 483. The van der Waals surface area contributed by atoms with E-state index in [1.54, 1.807) is 27.7 Å². The van der Waals surface area contributed by atoms with Gasteiger partial charge in [-0.2, -0.15) is 0 Å². The number of hydrogen-bond acceptors (Lipinski definition) is 7. The number of unbranched alkanes of at least 4 members (excludes halogenated alkanes) is 5. The van der Waals surface area contributed by atoms with Crippen LogP contribution in [-0.4, -0.2) is 44.4 Å². The summed E-state index contributed by atoms with van der Waals surface area (Å²) in [5, 5.41) is 0. The molecule has 0 amide bonds. The van der Waals surface area contributed by atoms with Gasteiger partial charge in [-0.1, -0.05) is 39.0 Å². The van der Waals surface area contributed by atoms with Crippen LogP contribution in [0, 0.1) is 0 Å². The second-order valence-corrected chi connectivity index (χ2v) is 15.0. The Hall–Kier alpha value is 0.530. The van der Waals surface area contributed by atoms with E-state index in [-0.39, 0.29) is 38.2 Å². The maximum absolute atomic E-state index is 13.8. The first-order valence-corrected chi connectivity index (χ1v) is 16.3. The van der Waals surface area contributed by atoms with Crippen molar-refractivity contribution in [1.82, 2.24) is 0 Å². The van der Waals surface area contributed by atoms with Crippen LogP contribution in [0.1, 0.15) is 73.1 Å². The van der Waals surface area contributed by atoms with E-state index in [4.69, 9.17) is 18.1 Å². The molecule has 0 saturated carbocycles. The van der Waals surface area contributed by atoms with Gasteiger partial charge >= 0.3 is 15.2 Å². The summed E-state index contributed by atoms with van der Waals surface area (Å²) in [6.07, 6.45) is 6.56. The van der Waals surface area contributed by atoms with Gasteiger partial charge in [0.2, 0.25) is 0 Å². The van der Waals surface area contributed by atoms with Crippen LogP contribution in [0.15, 0.2) is 0 Å². The van der Waals surface area contributed by atoms with Gasteiger partial charge in [-0.3, -0.25) is 9.13 Å². The summed E-state index contributed by atoms with van der Waals surface area (Å²) in [5.41, 5.74) is 0. The molecule has 0 fully saturated rings. The van der Waals surface area contributed by atoms with Crippen LogP contribution in [0.3, 0.4) is 0 Å². The van der Waals surface area contributed by atoms with Crippen molar-refractivity contribution in [3.63, 3.8) is 0 Å². The van der Waals surface area contributed by atoms with Crippen molar-refractivity contribution in [2.24, 2.45) is 0 Å². The maximum atomic E-state index is 13.8. The lowest BCUT2D eigenvalue weighted by Gasteiger charge is -2.27. The molecule has 170 valence electrons. The quantitative estimate of drug-likeness (QED) is 0.149. The lowest BCUT2D eigenvalue weighted by atomic mass is 10.1. The van der Waals surface area contributed by atoms with Crippen LogP contribution < -0.4 is 0 Å². The molecule has 0 spiro atoms. The minimum absolute atomic E-state index is 0.197. The maximum Gasteiger partial charge on any atom is 0.337 e. The molecular weight excluding hydrogens is 421 g/mol. The molecular formula is C18H41O7P3. The monoisotopic (exact) mass is 462 g/mol. The van der Waals surface area contributed by atoms with Crippen LogP contribution in [0.2, 0.25) is 0 Å². The van der Waals surface area contributed by atoms with Crippen molar-refractivity contribution < 1.29 is 31.8 Å². The average molecular weight is 462 g/mol. The minimum Gasteiger partial charge on any atom is -0.322 e. The summed E-state index contributed by atoms with van der Waals surface area (Å²) in [6, 6.07) is 0. The van der Waals surface area contributed by atoms with Gasteiger partial charge in [-0.05, 0) is 34.1 Å². The molecule has 0 atom stereocenters. The molecule has 0 aliphatic heterocycles. The fraction of sp³-hybridized carbons (Fsp3) is 1.00. The van der Waals surface area contributed by atoms with Gasteiger partial charge in [0.25, 0.3) is 0 Å². The SMILES string of the molecule is CCCCCCCCP(=O)(CP(=O)(OCC)OCC)CP(=O)(OCC)OCC. The van der Waals surface area contributed by atoms with Crippen molar-refractivity contribution in [2.45, 2.75) is 73.1 Å². The molecule has 0 saturated heterocycles. The zero-order chi connectivity index (χ0) is 21.5. The first-order chi connectivity index (χ1) is 13.2. The highest BCUT2D eigenvalue weighted by Gasteiger charge is 2.42. The highest BCUT2D eigenvalue weighted by atomic mass is 31.3. The third-order valence-corrected chi connectivity index (χ3v) is 14.7. The third-order valence-electron chi connectivity index (χ3n) is 4.08. The summed E-state index contributed by atoms with van der Waals surface area (Å²) < 4.78 is 61.2. The smallest absolute Gasteiger partial charge is 0.322 e. The van der Waals surface area contributed by atoms with Crippen LogP contribution in [0.25, 0.3) is 0 Å². The molecule has 0 radical (unpaired) electrons. The van der Waals surface area contributed by atoms with E-state index in [0.717, 1.165) is 32.1 Å². The number of rotatable bonds is 19. The van der Waals surface area contributed by atoms with Gasteiger partial charge in [0.1, 0.15) is 18.9 Å². The van der Waals surface area contributed by atoms with Crippen molar-refractivity contribution in [3.05, 3.63) is 0 Å². The molecule has 0 aliphatic carbocycles. The zero-order valence-electron chi connectivity index (χ0n) is 18.4. The van der Waals surface area contributed by atoms with Crippen LogP contribution in [0.5, 0.6) is 0 Å². The fourth-order valence-corrected chi connectivity index (χ4v) is 14.2. The van der Waals surface area contributed by atoms with Crippen molar-refractivity contribution in [2.75, 3.05) is 44.4 Å².